The molecule has 3 heterocycles. The standard InChI is InChI=1S/C25H33NOS2/c1-3-4-5-6-7-8-9-10-11-13-20-15-16-21(26-20)18-24-22(27-2)19-25(29-24)23-14-12-17-28-23/h12,14-19H,3-11,13H2,1-2H3/b21-18+. The lowest BCUT2D eigenvalue weighted by Crippen LogP contribution is -1.90. The first-order valence-electron chi connectivity index (χ1n) is 11.0. The van der Waals surface area contributed by atoms with Gasteiger partial charge in [0.2, 0.25) is 0 Å². The van der Waals surface area contributed by atoms with Crippen LogP contribution >= 0.6 is 22.7 Å². The number of nitrogens with zero attached hydrogens (tertiary/aromatic N) is 1. The molecule has 1 aliphatic heterocycles. The van der Waals surface area contributed by atoms with Crippen LogP contribution in [0, 0.1) is 0 Å². The van der Waals surface area contributed by atoms with E-state index >= 15 is 0 Å². The van der Waals surface area contributed by atoms with E-state index in [4.69, 9.17) is 9.73 Å². The number of hydrogen-bond acceptors (Lipinski definition) is 4. The van der Waals surface area contributed by atoms with Crippen LogP contribution in [0.1, 0.15) is 76.0 Å². The van der Waals surface area contributed by atoms with Crippen molar-refractivity contribution in [3.8, 4) is 15.5 Å². The van der Waals surface area contributed by atoms with Gasteiger partial charge in [-0.15, -0.1) is 22.7 Å². The molecule has 2 nitrogen and oxygen atoms in total. The normalized spacial score (nSPS) is 14.7. The van der Waals surface area contributed by atoms with Crippen LogP contribution in [0.15, 0.2) is 46.4 Å². The number of unbranched alkanes of at least 4 members (excludes halogenated alkanes) is 8. The van der Waals surface area contributed by atoms with E-state index in [1.807, 2.05) is 0 Å². The first-order chi connectivity index (χ1) is 14.3. The van der Waals surface area contributed by atoms with Gasteiger partial charge in [0, 0.05) is 21.5 Å². The summed E-state index contributed by atoms with van der Waals surface area (Å²) in [6, 6.07) is 6.38. The van der Waals surface area contributed by atoms with E-state index in [0.29, 0.717) is 0 Å². The third-order valence-corrected chi connectivity index (χ3v) is 7.37. The average molecular weight is 428 g/mol. The Labute approximate surface area is 184 Å². The predicted octanol–water partition coefficient (Wildman–Crippen LogP) is 8.76. The van der Waals surface area contributed by atoms with E-state index < -0.39 is 0 Å². The summed E-state index contributed by atoms with van der Waals surface area (Å²) in [6.07, 6.45) is 19.8. The van der Waals surface area contributed by atoms with Crippen LogP contribution < -0.4 is 4.74 Å². The second-order valence-corrected chi connectivity index (χ2v) is 9.64. The van der Waals surface area contributed by atoms with Gasteiger partial charge in [0.15, 0.2) is 0 Å². The molecule has 156 valence electrons. The fraction of sp³-hybridized carbons (Fsp3) is 0.480. The van der Waals surface area contributed by atoms with Crippen molar-refractivity contribution in [2.75, 3.05) is 7.11 Å². The zero-order valence-corrected chi connectivity index (χ0v) is 19.4. The quantitative estimate of drug-likeness (QED) is 0.293. The molecule has 2 aromatic heterocycles. The van der Waals surface area contributed by atoms with Crippen molar-refractivity contribution in [3.05, 3.63) is 46.3 Å². The minimum Gasteiger partial charge on any atom is -0.495 e. The molecular formula is C25H33NOS2. The third kappa shape index (κ3) is 6.97. The molecule has 0 amide bonds. The molecule has 0 N–H and O–H groups in total. The van der Waals surface area contributed by atoms with Gasteiger partial charge in [-0.3, -0.25) is 4.99 Å². The van der Waals surface area contributed by atoms with Gasteiger partial charge in [0.1, 0.15) is 5.75 Å². The highest BCUT2D eigenvalue weighted by Crippen LogP contribution is 2.39. The molecule has 0 aliphatic carbocycles. The first-order valence-corrected chi connectivity index (χ1v) is 12.7. The maximum absolute atomic E-state index is 5.59. The van der Waals surface area contributed by atoms with Crippen LogP contribution in [0.4, 0.5) is 0 Å². The Morgan fingerprint density at radius 1 is 0.966 bits per heavy atom. The maximum Gasteiger partial charge on any atom is 0.137 e. The molecule has 0 saturated heterocycles. The summed E-state index contributed by atoms with van der Waals surface area (Å²) in [4.78, 5) is 8.50. The Morgan fingerprint density at radius 3 is 2.41 bits per heavy atom. The van der Waals surface area contributed by atoms with Crippen molar-refractivity contribution in [1.82, 2.24) is 0 Å². The number of methoxy groups -OCH3 is 1. The number of thiophene rings is 2. The minimum absolute atomic E-state index is 0.932. The van der Waals surface area contributed by atoms with Gasteiger partial charge in [-0.2, -0.15) is 0 Å². The highest BCUT2D eigenvalue weighted by molar-refractivity contribution is 7.22. The average Bonchev–Trinajstić information content (AvgIpc) is 3.48. The fourth-order valence-electron chi connectivity index (χ4n) is 3.58. The molecule has 2 aromatic rings. The molecule has 4 heteroatoms. The summed E-state index contributed by atoms with van der Waals surface area (Å²) in [7, 11) is 1.74. The Balaban J connectivity index is 1.45. The Bertz CT molecular complexity index is 827. The monoisotopic (exact) mass is 427 g/mol. The van der Waals surface area contributed by atoms with Crippen molar-refractivity contribution in [3.63, 3.8) is 0 Å². The van der Waals surface area contributed by atoms with Crippen molar-refractivity contribution >= 4 is 34.5 Å². The molecule has 0 unspecified atom stereocenters. The number of hydrogen-bond donors (Lipinski definition) is 0. The number of allylic oxidation sites excluding steroid dienone is 2. The molecule has 0 atom stereocenters. The zero-order chi connectivity index (χ0) is 20.3. The molecular weight excluding hydrogens is 394 g/mol. The lowest BCUT2D eigenvalue weighted by Gasteiger charge is -2.01. The lowest BCUT2D eigenvalue weighted by atomic mass is 10.1. The highest BCUT2D eigenvalue weighted by Gasteiger charge is 2.12. The first kappa shape index (κ1) is 22.0. The molecule has 0 bridgehead atoms. The van der Waals surface area contributed by atoms with Gasteiger partial charge < -0.3 is 4.74 Å². The Hall–Kier alpha value is -1.65. The molecule has 0 fully saturated rings. The Kier molecular flexibility index (Phi) is 9.23. The van der Waals surface area contributed by atoms with Crippen molar-refractivity contribution in [1.29, 1.82) is 0 Å². The maximum atomic E-state index is 5.59. The largest absolute Gasteiger partial charge is 0.495 e. The third-order valence-electron chi connectivity index (χ3n) is 5.24. The highest BCUT2D eigenvalue weighted by atomic mass is 32.1. The summed E-state index contributed by atoms with van der Waals surface area (Å²) in [5, 5.41) is 2.11. The lowest BCUT2D eigenvalue weighted by molar-refractivity contribution is 0.416. The topological polar surface area (TPSA) is 21.6 Å². The molecule has 1 aliphatic rings. The summed E-state index contributed by atoms with van der Waals surface area (Å²) in [5.74, 6) is 0.932. The summed E-state index contributed by atoms with van der Waals surface area (Å²) < 4.78 is 5.59. The van der Waals surface area contributed by atoms with E-state index in [-0.39, 0.29) is 0 Å². The summed E-state index contributed by atoms with van der Waals surface area (Å²) in [5.41, 5.74) is 2.25. The number of rotatable bonds is 13. The van der Waals surface area contributed by atoms with Gasteiger partial charge in [-0.25, -0.2) is 0 Å². The van der Waals surface area contributed by atoms with Gasteiger partial charge in [0.25, 0.3) is 0 Å². The molecule has 29 heavy (non-hydrogen) atoms. The van der Waals surface area contributed by atoms with Crippen molar-refractivity contribution in [2.45, 2.75) is 71.1 Å². The number of ether oxygens (including phenoxy) is 1. The van der Waals surface area contributed by atoms with E-state index in [1.165, 1.54) is 73.3 Å². The second-order valence-electron chi connectivity index (χ2n) is 7.60. The van der Waals surface area contributed by atoms with Gasteiger partial charge in [0.05, 0.1) is 17.7 Å². The zero-order valence-electron chi connectivity index (χ0n) is 17.8. The molecule has 0 spiro atoms. The minimum atomic E-state index is 0.932. The van der Waals surface area contributed by atoms with E-state index in [9.17, 15) is 0 Å². The molecule has 3 rings (SSSR count). The van der Waals surface area contributed by atoms with Crippen LogP contribution in [-0.2, 0) is 0 Å². The van der Waals surface area contributed by atoms with Gasteiger partial charge in [-0.1, -0.05) is 64.4 Å². The van der Waals surface area contributed by atoms with Crippen LogP contribution in [0.25, 0.3) is 15.8 Å². The van der Waals surface area contributed by atoms with Crippen molar-refractivity contribution < 1.29 is 4.74 Å². The second kappa shape index (κ2) is 12.1. The predicted molar refractivity (Wildman–Crippen MR) is 131 cm³/mol. The summed E-state index contributed by atoms with van der Waals surface area (Å²) in [6.45, 7) is 2.28. The van der Waals surface area contributed by atoms with E-state index in [1.54, 1.807) is 29.8 Å². The Morgan fingerprint density at radius 2 is 1.72 bits per heavy atom. The fourth-order valence-corrected chi connectivity index (χ4v) is 5.48. The van der Waals surface area contributed by atoms with Gasteiger partial charge in [-0.05, 0) is 42.5 Å². The SMILES string of the molecule is CCCCCCCCCCCC1=N/C(=C/c2sc(-c3cccs3)cc2OC)C=C1. The molecule has 0 radical (unpaired) electrons. The molecule has 0 saturated carbocycles. The number of aliphatic imine (C=N–C) groups is 1. The smallest absolute Gasteiger partial charge is 0.137 e. The molecule has 0 aromatic carbocycles. The van der Waals surface area contributed by atoms with Crippen molar-refractivity contribution in [2.24, 2.45) is 4.99 Å². The summed E-state index contributed by atoms with van der Waals surface area (Å²) >= 11 is 3.53. The van der Waals surface area contributed by atoms with Gasteiger partial charge >= 0.3 is 0 Å². The van der Waals surface area contributed by atoms with E-state index in [2.05, 4.69) is 48.7 Å². The van der Waals surface area contributed by atoms with Crippen LogP contribution in [0.3, 0.4) is 0 Å². The van der Waals surface area contributed by atoms with E-state index in [0.717, 1.165) is 22.7 Å². The van der Waals surface area contributed by atoms with Crippen LogP contribution in [0.5, 0.6) is 5.75 Å². The van der Waals surface area contributed by atoms with Crippen LogP contribution in [0.2, 0.25) is 0 Å². The van der Waals surface area contributed by atoms with Crippen LogP contribution in [-0.4, -0.2) is 12.8 Å².